The monoisotopic (exact) mass is 343 g/mol. The van der Waals surface area contributed by atoms with Crippen LogP contribution in [-0.2, 0) is 19.5 Å². The molecular weight excluding hydrogens is 326 g/mol. The molecule has 0 bridgehead atoms. The highest BCUT2D eigenvalue weighted by atomic mass is 16.3. The summed E-state index contributed by atoms with van der Waals surface area (Å²) in [6.07, 6.45) is 7.82. The van der Waals surface area contributed by atoms with Crippen molar-refractivity contribution in [3.8, 4) is 11.4 Å². The van der Waals surface area contributed by atoms with Gasteiger partial charge in [0, 0.05) is 49.1 Å². The van der Waals surface area contributed by atoms with Crippen LogP contribution in [0.2, 0.25) is 0 Å². The Bertz CT molecular complexity index is 1030. The van der Waals surface area contributed by atoms with Crippen LogP contribution >= 0.6 is 0 Å². The maximum absolute atomic E-state index is 5.95. The number of hydrogen-bond donors (Lipinski definition) is 0. The average molecular weight is 343 g/mol. The number of benzene rings is 1. The van der Waals surface area contributed by atoms with Crippen LogP contribution in [0.1, 0.15) is 17.0 Å². The maximum atomic E-state index is 5.95. The van der Waals surface area contributed by atoms with Crippen molar-refractivity contribution in [1.29, 1.82) is 0 Å². The lowest BCUT2D eigenvalue weighted by molar-refractivity contribution is 0.225. The summed E-state index contributed by atoms with van der Waals surface area (Å²) in [6.45, 7) is 2.58. The van der Waals surface area contributed by atoms with Gasteiger partial charge in [-0.05, 0) is 12.1 Å². The molecule has 0 atom stereocenters. The summed E-state index contributed by atoms with van der Waals surface area (Å²) >= 11 is 0. The smallest absolute Gasteiger partial charge is 0.162 e. The van der Waals surface area contributed by atoms with Crippen LogP contribution in [0.4, 0.5) is 0 Å². The third-order valence-electron chi connectivity index (χ3n) is 4.69. The molecule has 1 aliphatic heterocycles. The molecule has 0 fully saturated rings. The number of para-hydroxylation sites is 1. The molecule has 26 heavy (non-hydrogen) atoms. The van der Waals surface area contributed by atoms with Crippen molar-refractivity contribution in [3.63, 3.8) is 0 Å². The zero-order valence-corrected chi connectivity index (χ0v) is 14.2. The molecule has 5 rings (SSSR count). The second kappa shape index (κ2) is 6.31. The van der Waals surface area contributed by atoms with E-state index >= 15 is 0 Å². The molecule has 0 saturated heterocycles. The highest BCUT2D eigenvalue weighted by Gasteiger charge is 2.20. The van der Waals surface area contributed by atoms with Crippen LogP contribution in [0, 0.1) is 0 Å². The molecule has 1 aliphatic rings. The first-order valence-electron chi connectivity index (χ1n) is 8.65. The molecule has 6 heteroatoms. The van der Waals surface area contributed by atoms with Gasteiger partial charge in [-0.2, -0.15) is 0 Å². The topological polar surface area (TPSA) is 67.9 Å². The van der Waals surface area contributed by atoms with Crippen molar-refractivity contribution in [2.45, 2.75) is 19.5 Å². The first-order chi connectivity index (χ1) is 12.8. The molecule has 4 heterocycles. The second-order valence-electron chi connectivity index (χ2n) is 6.50. The molecule has 6 nitrogen and oxygen atoms in total. The summed E-state index contributed by atoms with van der Waals surface area (Å²) in [4.78, 5) is 19.7. The van der Waals surface area contributed by atoms with Gasteiger partial charge >= 0.3 is 0 Å². The van der Waals surface area contributed by atoms with Crippen LogP contribution in [0.3, 0.4) is 0 Å². The number of hydrogen-bond acceptors (Lipinski definition) is 6. The molecule has 3 aromatic heterocycles. The van der Waals surface area contributed by atoms with Gasteiger partial charge in [-0.25, -0.2) is 19.9 Å². The van der Waals surface area contributed by atoms with Crippen molar-refractivity contribution in [2.75, 3.05) is 6.54 Å². The first kappa shape index (κ1) is 15.2. The van der Waals surface area contributed by atoms with E-state index in [2.05, 4.69) is 32.0 Å². The Morgan fingerprint density at radius 3 is 2.85 bits per heavy atom. The molecule has 0 unspecified atom stereocenters. The minimum Gasteiger partial charge on any atom is -0.460 e. The molecule has 128 valence electrons. The number of nitrogens with zero attached hydrogens (tertiary/aromatic N) is 5. The predicted molar refractivity (Wildman–Crippen MR) is 97.1 cm³/mol. The van der Waals surface area contributed by atoms with E-state index in [-0.39, 0.29) is 0 Å². The third kappa shape index (κ3) is 2.84. The van der Waals surface area contributed by atoms with Gasteiger partial charge in [0.05, 0.1) is 17.8 Å². The Kier molecular flexibility index (Phi) is 3.68. The van der Waals surface area contributed by atoms with Gasteiger partial charge in [0.25, 0.3) is 0 Å². The fraction of sp³-hybridized carbons (Fsp3) is 0.200. The van der Waals surface area contributed by atoms with Crippen molar-refractivity contribution in [2.24, 2.45) is 0 Å². The van der Waals surface area contributed by atoms with Crippen molar-refractivity contribution >= 4 is 11.0 Å². The van der Waals surface area contributed by atoms with Crippen molar-refractivity contribution in [1.82, 2.24) is 24.8 Å². The van der Waals surface area contributed by atoms with E-state index in [9.17, 15) is 0 Å². The Morgan fingerprint density at radius 2 is 1.96 bits per heavy atom. The predicted octanol–water partition coefficient (Wildman–Crippen LogP) is 3.24. The molecule has 0 N–H and O–H groups in total. The molecule has 0 saturated carbocycles. The number of furan rings is 1. The highest BCUT2D eigenvalue weighted by Crippen LogP contribution is 2.24. The van der Waals surface area contributed by atoms with Crippen LogP contribution in [0.15, 0.2) is 59.7 Å². The van der Waals surface area contributed by atoms with Crippen LogP contribution in [-0.4, -0.2) is 31.4 Å². The largest absolute Gasteiger partial charge is 0.460 e. The molecule has 0 aliphatic carbocycles. The average Bonchev–Trinajstić information content (AvgIpc) is 3.10. The maximum Gasteiger partial charge on any atom is 0.162 e. The van der Waals surface area contributed by atoms with E-state index in [1.807, 2.05) is 24.4 Å². The van der Waals surface area contributed by atoms with Gasteiger partial charge in [0.1, 0.15) is 17.7 Å². The standard InChI is InChI=1S/C20H17N5O/c1-2-4-19-14(3-1)7-17(26-19)12-25-6-5-18-16(11-25)10-23-20(24-18)15-8-21-13-22-9-15/h1-4,7-10,13H,5-6,11-12H2. The van der Waals surface area contributed by atoms with Crippen LogP contribution in [0.25, 0.3) is 22.4 Å². The minimum atomic E-state index is 0.690. The van der Waals surface area contributed by atoms with Gasteiger partial charge in [0.15, 0.2) is 5.82 Å². The Labute approximate surface area is 150 Å². The van der Waals surface area contributed by atoms with Crippen molar-refractivity contribution < 1.29 is 4.42 Å². The molecular formula is C20H17N5O. The zero-order valence-electron chi connectivity index (χ0n) is 14.2. The number of rotatable bonds is 3. The molecule has 0 spiro atoms. The van der Waals surface area contributed by atoms with Gasteiger partial charge in [-0.15, -0.1) is 0 Å². The van der Waals surface area contributed by atoms with Gasteiger partial charge < -0.3 is 4.42 Å². The Balaban J connectivity index is 1.35. The minimum absolute atomic E-state index is 0.690. The zero-order chi connectivity index (χ0) is 17.3. The number of fused-ring (bicyclic) bond motifs is 2. The van der Waals surface area contributed by atoms with Gasteiger partial charge in [-0.1, -0.05) is 18.2 Å². The first-order valence-corrected chi connectivity index (χ1v) is 8.65. The summed E-state index contributed by atoms with van der Waals surface area (Å²) in [5.41, 5.74) is 4.07. The summed E-state index contributed by atoms with van der Waals surface area (Å²) < 4.78 is 5.95. The van der Waals surface area contributed by atoms with Crippen LogP contribution < -0.4 is 0 Å². The van der Waals surface area contributed by atoms with E-state index in [1.54, 1.807) is 12.4 Å². The lowest BCUT2D eigenvalue weighted by atomic mass is 10.1. The van der Waals surface area contributed by atoms with Crippen molar-refractivity contribution in [3.05, 3.63) is 72.3 Å². The summed E-state index contributed by atoms with van der Waals surface area (Å²) in [5, 5.41) is 1.15. The second-order valence-corrected chi connectivity index (χ2v) is 6.50. The molecule has 0 amide bonds. The van der Waals surface area contributed by atoms with Gasteiger partial charge in [0.2, 0.25) is 0 Å². The van der Waals surface area contributed by atoms with Gasteiger partial charge in [-0.3, -0.25) is 4.90 Å². The molecule has 0 radical (unpaired) electrons. The third-order valence-corrected chi connectivity index (χ3v) is 4.69. The molecule has 1 aromatic carbocycles. The highest BCUT2D eigenvalue weighted by molar-refractivity contribution is 5.77. The number of aromatic nitrogens is 4. The van der Waals surface area contributed by atoms with E-state index in [1.165, 1.54) is 11.9 Å². The Hall–Kier alpha value is -3.12. The Morgan fingerprint density at radius 1 is 1.08 bits per heavy atom. The fourth-order valence-electron chi connectivity index (χ4n) is 3.40. The van der Waals surface area contributed by atoms with E-state index < -0.39 is 0 Å². The van der Waals surface area contributed by atoms with E-state index in [0.29, 0.717) is 5.82 Å². The summed E-state index contributed by atoms with van der Waals surface area (Å²) in [5.74, 6) is 1.68. The summed E-state index contributed by atoms with van der Waals surface area (Å²) in [6, 6.07) is 10.2. The molecule has 4 aromatic rings. The fourth-order valence-corrected chi connectivity index (χ4v) is 3.40. The summed E-state index contributed by atoms with van der Waals surface area (Å²) in [7, 11) is 0. The lowest BCUT2D eigenvalue weighted by Gasteiger charge is -2.27. The quantitative estimate of drug-likeness (QED) is 0.569. The van der Waals surface area contributed by atoms with E-state index in [4.69, 9.17) is 9.40 Å². The lowest BCUT2D eigenvalue weighted by Crippen LogP contribution is -2.30. The SMILES string of the molecule is c1ccc2oc(CN3CCc4nc(-c5cncnc5)ncc4C3)cc2c1. The van der Waals surface area contributed by atoms with E-state index in [0.717, 1.165) is 54.0 Å². The van der Waals surface area contributed by atoms with Crippen LogP contribution in [0.5, 0.6) is 0 Å². The normalized spacial score (nSPS) is 14.5.